The van der Waals surface area contributed by atoms with Crippen LogP contribution in [0.25, 0.3) is 10.2 Å². The van der Waals surface area contributed by atoms with E-state index in [4.69, 9.17) is 0 Å². The molecule has 4 rings (SSSR count). The van der Waals surface area contributed by atoms with E-state index in [-0.39, 0.29) is 11.8 Å². The number of aromatic nitrogens is 1. The summed E-state index contributed by atoms with van der Waals surface area (Å²) in [6.07, 6.45) is 2.59. The lowest BCUT2D eigenvalue weighted by Crippen LogP contribution is -2.16. The number of carbonyl (C=O) groups excluding carboxylic acids is 2. The Labute approximate surface area is 190 Å². The molecule has 0 saturated carbocycles. The van der Waals surface area contributed by atoms with E-state index in [1.54, 1.807) is 6.08 Å². The molecule has 1 aromatic heterocycles. The van der Waals surface area contributed by atoms with Gasteiger partial charge in [0.1, 0.15) is 0 Å². The molecule has 0 radical (unpaired) electrons. The second-order valence-corrected chi connectivity index (χ2v) is 8.43. The molecule has 0 saturated heterocycles. The largest absolute Gasteiger partial charge is 0.326 e. The van der Waals surface area contributed by atoms with Gasteiger partial charge in [0.25, 0.3) is 5.91 Å². The Kier molecular flexibility index (Phi) is 6.42. The van der Waals surface area contributed by atoms with Gasteiger partial charge in [0.15, 0.2) is 4.80 Å². The molecular weight excluding hydrogens is 418 g/mol. The number of benzene rings is 3. The van der Waals surface area contributed by atoms with Crippen LogP contribution in [0.2, 0.25) is 0 Å². The summed E-state index contributed by atoms with van der Waals surface area (Å²) in [5.74, 6) is -0.418. The first-order valence-corrected chi connectivity index (χ1v) is 11.1. The lowest BCUT2D eigenvalue weighted by molar-refractivity contribution is -0.114. The van der Waals surface area contributed by atoms with Gasteiger partial charge in [-0.2, -0.15) is 4.99 Å². The van der Waals surface area contributed by atoms with Crippen LogP contribution in [0.1, 0.15) is 28.4 Å². The zero-order valence-corrected chi connectivity index (χ0v) is 18.6. The van der Waals surface area contributed by atoms with E-state index >= 15 is 0 Å². The number of thiazole rings is 1. The monoisotopic (exact) mass is 441 g/mol. The molecule has 0 bridgehead atoms. The highest BCUT2D eigenvalue weighted by Gasteiger charge is 2.10. The molecule has 0 unspecified atom stereocenters. The Morgan fingerprint density at radius 1 is 1.03 bits per heavy atom. The van der Waals surface area contributed by atoms with Gasteiger partial charge < -0.3 is 9.88 Å². The highest BCUT2D eigenvalue weighted by molar-refractivity contribution is 7.16. The van der Waals surface area contributed by atoms with Gasteiger partial charge in [-0.15, -0.1) is 6.58 Å². The van der Waals surface area contributed by atoms with E-state index in [2.05, 4.69) is 29.0 Å². The zero-order chi connectivity index (χ0) is 22.5. The molecule has 3 aromatic carbocycles. The van der Waals surface area contributed by atoms with E-state index in [1.807, 2.05) is 65.2 Å². The summed E-state index contributed by atoms with van der Waals surface area (Å²) in [4.78, 5) is 29.2. The number of nitrogens with zero attached hydrogens (tertiary/aromatic N) is 2. The highest BCUT2D eigenvalue weighted by atomic mass is 32.1. The molecule has 32 heavy (non-hydrogen) atoms. The Balaban J connectivity index is 1.63. The summed E-state index contributed by atoms with van der Waals surface area (Å²) >= 11 is 1.41. The number of allylic oxidation sites excluding steroid dienone is 1. The second-order valence-electron chi connectivity index (χ2n) is 7.42. The van der Waals surface area contributed by atoms with E-state index in [0.717, 1.165) is 22.2 Å². The van der Waals surface area contributed by atoms with Crippen LogP contribution >= 0.6 is 11.3 Å². The van der Waals surface area contributed by atoms with Crippen molar-refractivity contribution in [2.45, 2.75) is 19.9 Å². The highest BCUT2D eigenvalue weighted by Crippen LogP contribution is 2.22. The molecule has 1 heterocycles. The average Bonchev–Trinajstić information content (AvgIpc) is 3.11. The van der Waals surface area contributed by atoms with Crippen molar-refractivity contribution >= 4 is 39.1 Å². The lowest BCUT2D eigenvalue weighted by atomic mass is 10.0. The molecule has 0 aliphatic rings. The van der Waals surface area contributed by atoms with Crippen LogP contribution in [-0.4, -0.2) is 16.4 Å². The zero-order valence-electron chi connectivity index (χ0n) is 17.7. The summed E-state index contributed by atoms with van der Waals surface area (Å²) < 4.78 is 2.88. The number of nitrogens with one attached hydrogen (secondary N) is 1. The van der Waals surface area contributed by atoms with Crippen molar-refractivity contribution in [1.82, 2.24) is 4.57 Å². The van der Waals surface area contributed by atoms with Crippen LogP contribution in [0, 0.1) is 0 Å². The van der Waals surface area contributed by atoms with E-state index in [1.165, 1.54) is 23.8 Å². The van der Waals surface area contributed by atoms with Crippen molar-refractivity contribution in [1.29, 1.82) is 0 Å². The fourth-order valence-corrected chi connectivity index (χ4v) is 4.57. The van der Waals surface area contributed by atoms with Gasteiger partial charge in [0.2, 0.25) is 5.91 Å². The van der Waals surface area contributed by atoms with Crippen molar-refractivity contribution in [3.63, 3.8) is 0 Å². The van der Waals surface area contributed by atoms with Crippen LogP contribution in [0.4, 0.5) is 5.69 Å². The summed E-state index contributed by atoms with van der Waals surface area (Å²) in [5, 5.41) is 2.79. The number of hydrogen-bond acceptors (Lipinski definition) is 3. The number of hydrogen-bond donors (Lipinski definition) is 1. The minimum atomic E-state index is -0.289. The van der Waals surface area contributed by atoms with Crippen LogP contribution in [0.3, 0.4) is 0 Å². The van der Waals surface area contributed by atoms with Crippen LogP contribution in [0.15, 0.2) is 90.4 Å². The summed E-state index contributed by atoms with van der Waals surface area (Å²) in [6, 6.07) is 23.5. The maximum Gasteiger partial charge on any atom is 0.279 e. The van der Waals surface area contributed by atoms with Gasteiger partial charge in [-0.3, -0.25) is 9.59 Å². The maximum absolute atomic E-state index is 12.9. The minimum absolute atomic E-state index is 0.129. The molecule has 0 aliphatic heterocycles. The number of fused-ring (bicyclic) bond motifs is 1. The summed E-state index contributed by atoms with van der Waals surface area (Å²) in [5.41, 5.74) is 4.56. The third kappa shape index (κ3) is 4.92. The predicted molar refractivity (Wildman–Crippen MR) is 130 cm³/mol. The normalized spacial score (nSPS) is 11.5. The molecule has 0 spiro atoms. The third-order valence-electron chi connectivity index (χ3n) is 4.96. The molecule has 1 N–H and O–H groups in total. The van der Waals surface area contributed by atoms with Crippen LogP contribution < -0.4 is 10.1 Å². The molecule has 0 atom stereocenters. The Bertz CT molecular complexity index is 1350. The SMILES string of the molecule is C=CCn1c(=NC(=O)c2ccc(Cc3ccccc3)cc2)sc2cc(NC(C)=O)ccc21. The molecule has 4 aromatic rings. The topological polar surface area (TPSA) is 63.5 Å². The van der Waals surface area contributed by atoms with Crippen molar-refractivity contribution in [2.75, 3.05) is 5.32 Å². The molecule has 6 heteroatoms. The molecule has 160 valence electrons. The van der Waals surface area contributed by atoms with Crippen molar-refractivity contribution in [3.8, 4) is 0 Å². The first-order valence-electron chi connectivity index (χ1n) is 10.3. The summed E-state index contributed by atoms with van der Waals surface area (Å²) in [7, 11) is 0. The molecule has 0 fully saturated rings. The van der Waals surface area contributed by atoms with Gasteiger partial charge in [0, 0.05) is 24.7 Å². The van der Waals surface area contributed by atoms with E-state index in [0.29, 0.717) is 22.6 Å². The number of amides is 2. The number of anilines is 1. The second kappa shape index (κ2) is 9.58. The molecule has 0 aliphatic carbocycles. The molecular formula is C26H23N3O2S. The fourth-order valence-electron chi connectivity index (χ4n) is 3.49. The van der Waals surface area contributed by atoms with Crippen molar-refractivity contribution in [3.05, 3.63) is 107 Å². The third-order valence-corrected chi connectivity index (χ3v) is 6.01. The number of rotatable bonds is 6. The molecule has 2 amide bonds. The quantitative estimate of drug-likeness (QED) is 0.419. The predicted octanol–water partition coefficient (Wildman–Crippen LogP) is 5.18. The Morgan fingerprint density at radius 2 is 1.75 bits per heavy atom. The van der Waals surface area contributed by atoms with Gasteiger partial charge >= 0.3 is 0 Å². The van der Waals surface area contributed by atoms with Gasteiger partial charge in [-0.1, -0.05) is 59.9 Å². The Hall–Kier alpha value is -3.77. The fraction of sp³-hybridized carbons (Fsp3) is 0.115. The maximum atomic E-state index is 12.9. The van der Waals surface area contributed by atoms with E-state index in [9.17, 15) is 9.59 Å². The van der Waals surface area contributed by atoms with Crippen molar-refractivity contribution < 1.29 is 9.59 Å². The smallest absolute Gasteiger partial charge is 0.279 e. The lowest BCUT2D eigenvalue weighted by Gasteiger charge is -2.04. The first kappa shape index (κ1) is 21.5. The van der Waals surface area contributed by atoms with Crippen LogP contribution in [0.5, 0.6) is 0 Å². The van der Waals surface area contributed by atoms with Gasteiger partial charge in [-0.25, -0.2) is 0 Å². The van der Waals surface area contributed by atoms with Gasteiger partial charge in [-0.05, 0) is 47.9 Å². The van der Waals surface area contributed by atoms with Gasteiger partial charge in [0.05, 0.1) is 10.2 Å². The summed E-state index contributed by atoms with van der Waals surface area (Å²) in [6.45, 7) is 5.82. The average molecular weight is 442 g/mol. The molecule has 5 nitrogen and oxygen atoms in total. The minimum Gasteiger partial charge on any atom is -0.326 e. The Morgan fingerprint density at radius 3 is 2.44 bits per heavy atom. The standard InChI is InChI=1S/C26H23N3O2S/c1-3-15-29-23-14-13-22(27-18(2)30)17-24(23)32-26(29)28-25(31)21-11-9-20(10-12-21)16-19-7-5-4-6-8-19/h3-14,17H,1,15-16H2,2H3,(H,27,30). The van der Waals surface area contributed by atoms with E-state index < -0.39 is 0 Å². The number of carbonyl (C=O) groups is 2. The van der Waals surface area contributed by atoms with Crippen LogP contribution in [-0.2, 0) is 17.8 Å². The van der Waals surface area contributed by atoms with Crippen molar-refractivity contribution in [2.24, 2.45) is 4.99 Å². The first-order chi connectivity index (χ1) is 15.5.